The maximum absolute atomic E-state index is 13.0. The van der Waals surface area contributed by atoms with Gasteiger partial charge in [0.1, 0.15) is 17.2 Å². The van der Waals surface area contributed by atoms with Gasteiger partial charge in [0, 0.05) is 40.0 Å². The molecule has 0 unspecified atom stereocenters. The van der Waals surface area contributed by atoms with Gasteiger partial charge in [0.05, 0.1) is 37.6 Å². The van der Waals surface area contributed by atoms with Gasteiger partial charge >= 0.3 is 0 Å². The van der Waals surface area contributed by atoms with Gasteiger partial charge in [-0.1, -0.05) is 0 Å². The topological polar surface area (TPSA) is 125 Å². The van der Waals surface area contributed by atoms with Crippen molar-refractivity contribution in [3.63, 3.8) is 0 Å². The molecule has 0 saturated carbocycles. The van der Waals surface area contributed by atoms with Crippen molar-refractivity contribution in [1.82, 2.24) is 24.5 Å². The third kappa shape index (κ3) is 6.27. The van der Waals surface area contributed by atoms with Crippen LogP contribution in [-0.2, 0) is 16.5 Å². The van der Waals surface area contributed by atoms with E-state index in [1.807, 2.05) is 7.05 Å². The van der Waals surface area contributed by atoms with E-state index in [2.05, 4.69) is 30.6 Å². The molecule has 0 spiro atoms. The third-order valence-corrected chi connectivity index (χ3v) is 5.42. The Hall–Kier alpha value is -3.57. The molecular formula is C23H29N7O4. The first-order chi connectivity index (χ1) is 16.6. The number of carbonyl (C=O) groups excluding carboxylic acids is 1. The van der Waals surface area contributed by atoms with Crippen LogP contribution in [0.25, 0.3) is 11.5 Å². The lowest BCUT2D eigenvalue weighted by atomic mass is 10.0. The van der Waals surface area contributed by atoms with Crippen molar-refractivity contribution in [2.75, 3.05) is 50.7 Å². The summed E-state index contributed by atoms with van der Waals surface area (Å²) in [6, 6.07) is 5.11. The van der Waals surface area contributed by atoms with Gasteiger partial charge in [-0.2, -0.15) is 4.98 Å². The second-order valence-corrected chi connectivity index (χ2v) is 7.98. The van der Waals surface area contributed by atoms with Crippen LogP contribution in [0.15, 0.2) is 36.9 Å². The van der Waals surface area contributed by atoms with Gasteiger partial charge in [-0.15, -0.1) is 0 Å². The first-order valence-corrected chi connectivity index (χ1v) is 11.2. The molecule has 11 nitrogen and oxygen atoms in total. The number of pyridine rings is 1. The minimum absolute atomic E-state index is 0.190. The Morgan fingerprint density at radius 3 is 2.79 bits per heavy atom. The van der Waals surface area contributed by atoms with E-state index in [1.54, 1.807) is 48.6 Å². The van der Waals surface area contributed by atoms with E-state index in [1.165, 1.54) is 0 Å². The van der Waals surface area contributed by atoms with Crippen molar-refractivity contribution in [2.45, 2.75) is 12.8 Å². The molecule has 2 N–H and O–H groups in total. The highest BCUT2D eigenvalue weighted by Gasteiger charge is 2.19. The fraction of sp³-hybridized carbons (Fsp3) is 0.435. The SMILES string of the molecule is COCCNc1ccc(NC(=O)c2cc(OCC3CCOCC3)nc(-c3cncn3C)n2)cn1. The molecule has 3 aromatic heterocycles. The fourth-order valence-electron chi connectivity index (χ4n) is 3.47. The predicted molar refractivity (Wildman–Crippen MR) is 126 cm³/mol. The Morgan fingerprint density at radius 1 is 1.24 bits per heavy atom. The zero-order valence-electron chi connectivity index (χ0n) is 19.4. The smallest absolute Gasteiger partial charge is 0.274 e. The summed E-state index contributed by atoms with van der Waals surface area (Å²) in [6.07, 6.45) is 6.77. The Balaban J connectivity index is 1.49. The monoisotopic (exact) mass is 467 g/mol. The number of anilines is 2. The second kappa shape index (κ2) is 11.5. The van der Waals surface area contributed by atoms with Gasteiger partial charge in [-0.3, -0.25) is 4.79 Å². The summed E-state index contributed by atoms with van der Waals surface area (Å²) in [5.41, 5.74) is 1.42. The van der Waals surface area contributed by atoms with Crippen LogP contribution in [-0.4, -0.2) is 70.5 Å². The average Bonchev–Trinajstić information content (AvgIpc) is 3.30. The van der Waals surface area contributed by atoms with Crippen molar-refractivity contribution >= 4 is 17.4 Å². The van der Waals surface area contributed by atoms with E-state index in [-0.39, 0.29) is 11.6 Å². The van der Waals surface area contributed by atoms with E-state index in [9.17, 15) is 4.79 Å². The molecule has 1 saturated heterocycles. The standard InChI is InChI=1S/C23H29N7O4/c1-30-15-24-13-19(30)22-28-18(11-21(29-22)34-14-16-5-8-33-9-6-16)23(31)27-17-3-4-20(26-12-17)25-7-10-32-2/h3-4,11-13,15-16H,5-10,14H2,1-2H3,(H,25,26)(H,27,31). The molecule has 0 aliphatic carbocycles. The van der Waals surface area contributed by atoms with Crippen LogP contribution in [0.2, 0.25) is 0 Å². The molecule has 3 aromatic rings. The molecule has 0 radical (unpaired) electrons. The van der Waals surface area contributed by atoms with Crippen LogP contribution in [0.4, 0.5) is 11.5 Å². The fourth-order valence-corrected chi connectivity index (χ4v) is 3.47. The summed E-state index contributed by atoms with van der Waals surface area (Å²) in [7, 11) is 3.48. The van der Waals surface area contributed by atoms with Crippen molar-refractivity contribution < 1.29 is 19.0 Å². The third-order valence-electron chi connectivity index (χ3n) is 5.42. The van der Waals surface area contributed by atoms with Crippen LogP contribution < -0.4 is 15.4 Å². The Morgan fingerprint density at radius 2 is 2.09 bits per heavy atom. The lowest BCUT2D eigenvalue weighted by Gasteiger charge is -2.22. The van der Waals surface area contributed by atoms with Gasteiger partial charge in [0.25, 0.3) is 5.91 Å². The van der Waals surface area contributed by atoms with Crippen molar-refractivity contribution in [3.8, 4) is 17.4 Å². The average molecular weight is 468 g/mol. The number of amides is 1. The number of hydrogen-bond donors (Lipinski definition) is 2. The number of rotatable bonds is 10. The molecule has 1 fully saturated rings. The van der Waals surface area contributed by atoms with E-state index in [0.29, 0.717) is 54.6 Å². The number of carbonyl (C=O) groups is 1. The van der Waals surface area contributed by atoms with Gasteiger partial charge in [0.2, 0.25) is 5.88 Å². The number of aromatic nitrogens is 5. The van der Waals surface area contributed by atoms with Crippen LogP contribution in [0.1, 0.15) is 23.3 Å². The summed E-state index contributed by atoms with van der Waals surface area (Å²) in [5, 5.41) is 5.97. The molecular weight excluding hydrogens is 438 g/mol. The summed E-state index contributed by atoms with van der Waals surface area (Å²) >= 11 is 0. The van der Waals surface area contributed by atoms with E-state index in [0.717, 1.165) is 26.1 Å². The highest BCUT2D eigenvalue weighted by molar-refractivity contribution is 6.03. The number of methoxy groups -OCH3 is 1. The molecule has 34 heavy (non-hydrogen) atoms. The molecule has 1 aliphatic heterocycles. The van der Waals surface area contributed by atoms with Gasteiger partial charge in [-0.25, -0.2) is 15.0 Å². The number of ether oxygens (including phenoxy) is 3. The summed E-state index contributed by atoms with van der Waals surface area (Å²) < 4.78 is 18.2. The molecule has 4 heterocycles. The number of imidazole rings is 1. The highest BCUT2D eigenvalue weighted by atomic mass is 16.5. The maximum Gasteiger partial charge on any atom is 0.274 e. The summed E-state index contributed by atoms with van der Waals surface area (Å²) in [4.78, 5) is 30.4. The zero-order valence-corrected chi connectivity index (χ0v) is 19.4. The molecule has 4 rings (SSSR count). The van der Waals surface area contributed by atoms with Crippen LogP contribution in [0, 0.1) is 5.92 Å². The van der Waals surface area contributed by atoms with Gasteiger partial charge in [-0.05, 0) is 30.9 Å². The van der Waals surface area contributed by atoms with Crippen LogP contribution >= 0.6 is 0 Å². The lowest BCUT2D eigenvalue weighted by molar-refractivity contribution is 0.0490. The minimum Gasteiger partial charge on any atom is -0.477 e. The molecule has 180 valence electrons. The summed E-state index contributed by atoms with van der Waals surface area (Å²) in [5.74, 6) is 1.41. The van der Waals surface area contributed by atoms with E-state index in [4.69, 9.17) is 14.2 Å². The molecule has 0 aromatic carbocycles. The molecule has 1 aliphatic rings. The van der Waals surface area contributed by atoms with E-state index < -0.39 is 0 Å². The summed E-state index contributed by atoms with van der Waals surface area (Å²) in [6.45, 7) is 3.20. The quantitative estimate of drug-likeness (QED) is 0.432. The number of aryl methyl sites for hydroxylation is 1. The predicted octanol–water partition coefficient (Wildman–Crippen LogP) is 2.39. The lowest BCUT2D eigenvalue weighted by Crippen LogP contribution is -2.22. The largest absolute Gasteiger partial charge is 0.477 e. The van der Waals surface area contributed by atoms with Crippen molar-refractivity contribution in [1.29, 1.82) is 0 Å². The Bertz CT molecular complexity index is 1080. The first kappa shape index (κ1) is 23.6. The number of nitrogens with zero attached hydrogens (tertiary/aromatic N) is 5. The normalized spacial score (nSPS) is 14.1. The number of nitrogens with one attached hydrogen (secondary N) is 2. The minimum atomic E-state index is -0.386. The van der Waals surface area contributed by atoms with Crippen LogP contribution in [0.5, 0.6) is 5.88 Å². The molecule has 1 amide bonds. The Kier molecular flexibility index (Phi) is 7.99. The first-order valence-electron chi connectivity index (χ1n) is 11.2. The maximum atomic E-state index is 13.0. The van der Waals surface area contributed by atoms with Gasteiger partial charge in [0.15, 0.2) is 5.82 Å². The highest BCUT2D eigenvalue weighted by Crippen LogP contribution is 2.22. The van der Waals surface area contributed by atoms with Crippen LogP contribution in [0.3, 0.4) is 0 Å². The zero-order chi connectivity index (χ0) is 23.8. The van der Waals surface area contributed by atoms with Crippen molar-refractivity contribution in [2.24, 2.45) is 13.0 Å². The molecule has 0 atom stereocenters. The van der Waals surface area contributed by atoms with Crippen molar-refractivity contribution in [3.05, 3.63) is 42.6 Å². The van der Waals surface area contributed by atoms with Gasteiger partial charge < -0.3 is 29.4 Å². The second-order valence-electron chi connectivity index (χ2n) is 7.98. The van der Waals surface area contributed by atoms with E-state index >= 15 is 0 Å². The Labute approximate surface area is 197 Å². The molecule has 11 heteroatoms. The number of hydrogen-bond acceptors (Lipinski definition) is 9. The molecule has 0 bridgehead atoms.